The zero-order valence-electron chi connectivity index (χ0n) is 12.7. The molecule has 0 unspecified atom stereocenters. The summed E-state index contributed by atoms with van der Waals surface area (Å²) in [6.45, 7) is 0.380. The highest BCUT2D eigenvalue weighted by atomic mass is 127. The van der Waals surface area contributed by atoms with Gasteiger partial charge in [0.05, 0.1) is 17.8 Å². The summed E-state index contributed by atoms with van der Waals surface area (Å²) in [7, 11) is 0. The van der Waals surface area contributed by atoms with Crippen LogP contribution in [-0.2, 0) is 6.54 Å². The Hall–Kier alpha value is -1.91. The van der Waals surface area contributed by atoms with Crippen LogP contribution in [0.25, 0.3) is 0 Å². The number of furan rings is 1. The van der Waals surface area contributed by atoms with Gasteiger partial charge in [-0.05, 0) is 71.2 Å². The number of carbonyl (C=O) groups excluding carboxylic acids is 1. The molecule has 3 aromatic rings. The van der Waals surface area contributed by atoms with Gasteiger partial charge in [-0.25, -0.2) is 0 Å². The Bertz CT molecular complexity index is 907. The van der Waals surface area contributed by atoms with E-state index in [4.69, 9.17) is 28.2 Å². The molecule has 0 bridgehead atoms. The molecule has 0 aliphatic rings. The summed E-state index contributed by atoms with van der Waals surface area (Å²) in [5, 5.41) is 10.3. The summed E-state index contributed by atoms with van der Waals surface area (Å²) in [4.78, 5) is 12.2. The summed E-state index contributed by atoms with van der Waals surface area (Å²) < 4.78 is 8.25. The predicted octanol–water partition coefficient (Wildman–Crippen LogP) is 3.91. The fourth-order valence-corrected chi connectivity index (χ4v) is 2.76. The molecule has 0 saturated heterocycles. The molecule has 1 amide bonds. The summed E-state index contributed by atoms with van der Waals surface area (Å²) in [5.74, 6) is 0.328. The normalized spacial score (nSPS) is 10.5. The van der Waals surface area contributed by atoms with E-state index < -0.39 is 5.91 Å². The lowest BCUT2D eigenvalue weighted by atomic mass is 10.3. The molecule has 25 heavy (non-hydrogen) atoms. The maximum atomic E-state index is 12.2. The van der Waals surface area contributed by atoms with Crippen LogP contribution < -0.4 is 10.6 Å². The van der Waals surface area contributed by atoms with E-state index in [1.165, 1.54) is 6.20 Å². The molecule has 0 aliphatic carbocycles. The first kappa shape index (κ1) is 17.9. The van der Waals surface area contributed by atoms with Crippen LogP contribution in [0.3, 0.4) is 0 Å². The van der Waals surface area contributed by atoms with E-state index in [-0.39, 0.29) is 10.9 Å². The van der Waals surface area contributed by atoms with Gasteiger partial charge in [-0.3, -0.25) is 14.8 Å². The zero-order chi connectivity index (χ0) is 17.8. The van der Waals surface area contributed by atoms with Crippen molar-refractivity contribution in [3.05, 3.63) is 68.9 Å². The van der Waals surface area contributed by atoms with Crippen LogP contribution >= 0.6 is 46.4 Å². The first-order valence-electron chi connectivity index (χ1n) is 7.14. The van der Waals surface area contributed by atoms with Gasteiger partial charge in [0.1, 0.15) is 5.76 Å². The van der Waals surface area contributed by atoms with Crippen molar-refractivity contribution >= 4 is 63.1 Å². The fourth-order valence-electron chi connectivity index (χ4n) is 2.03. The molecule has 0 saturated carbocycles. The van der Waals surface area contributed by atoms with E-state index in [9.17, 15) is 4.79 Å². The van der Waals surface area contributed by atoms with Crippen LogP contribution in [0.15, 0.2) is 53.2 Å². The smallest absolute Gasteiger partial charge is 0.293 e. The van der Waals surface area contributed by atoms with Crippen molar-refractivity contribution in [2.45, 2.75) is 6.54 Å². The number of anilines is 1. The number of aromatic nitrogens is 2. The number of amides is 1. The Balaban J connectivity index is 1.57. The number of carbonyl (C=O) groups is 1. The highest BCUT2D eigenvalue weighted by Crippen LogP contribution is 2.13. The number of nitrogens with zero attached hydrogens (tertiary/aromatic N) is 2. The van der Waals surface area contributed by atoms with E-state index >= 15 is 0 Å². The van der Waals surface area contributed by atoms with Crippen LogP contribution in [0.5, 0.6) is 0 Å². The van der Waals surface area contributed by atoms with Crippen molar-refractivity contribution in [1.29, 1.82) is 0 Å². The summed E-state index contributed by atoms with van der Waals surface area (Å²) in [6.07, 6.45) is 3.21. The van der Waals surface area contributed by atoms with Gasteiger partial charge in [0, 0.05) is 15.5 Å². The molecule has 128 valence electrons. The highest BCUT2D eigenvalue weighted by molar-refractivity contribution is 14.1. The van der Waals surface area contributed by atoms with Gasteiger partial charge in [-0.15, -0.1) is 0 Å². The third-order valence-corrected chi connectivity index (χ3v) is 4.25. The quantitative estimate of drug-likeness (QED) is 0.432. The Kier molecular flexibility index (Phi) is 5.71. The van der Waals surface area contributed by atoms with Crippen molar-refractivity contribution in [2.75, 3.05) is 5.32 Å². The predicted molar refractivity (Wildman–Crippen MR) is 108 cm³/mol. The monoisotopic (exact) mass is 486 g/mol. The number of hydrogen-bond donors (Lipinski definition) is 2. The van der Waals surface area contributed by atoms with Crippen molar-refractivity contribution in [3.8, 4) is 0 Å². The topological polar surface area (TPSA) is 72.1 Å². The number of halogens is 2. The summed E-state index contributed by atoms with van der Waals surface area (Å²) >= 11 is 13.2. The van der Waals surface area contributed by atoms with Gasteiger partial charge in [0.2, 0.25) is 0 Å². The molecule has 2 N–H and O–H groups in total. The molecule has 0 atom stereocenters. The number of benzene rings is 1. The second kappa shape index (κ2) is 7.98. The first-order chi connectivity index (χ1) is 12.0. The van der Waals surface area contributed by atoms with Crippen molar-refractivity contribution in [3.63, 3.8) is 0 Å². The third kappa shape index (κ3) is 5.03. The van der Waals surface area contributed by atoms with Crippen LogP contribution in [0.2, 0.25) is 5.02 Å². The molecule has 0 fully saturated rings. The number of nitrogens with one attached hydrogen (secondary N) is 2. The molecule has 3 rings (SSSR count). The fraction of sp³-hybridized carbons (Fsp3) is 0.0625. The van der Waals surface area contributed by atoms with Crippen LogP contribution in [0.4, 0.5) is 5.69 Å². The van der Waals surface area contributed by atoms with Crippen molar-refractivity contribution in [1.82, 2.24) is 15.1 Å². The van der Waals surface area contributed by atoms with Crippen LogP contribution in [0.1, 0.15) is 16.3 Å². The molecule has 0 radical (unpaired) electrons. The molecule has 9 heteroatoms. The minimum Gasteiger partial charge on any atom is -0.454 e. The lowest BCUT2D eigenvalue weighted by molar-refractivity contribution is 0.0948. The molecule has 0 aliphatic heterocycles. The van der Waals surface area contributed by atoms with Gasteiger partial charge in [-0.1, -0.05) is 11.6 Å². The molecule has 0 spiro atoms. The van der Waals surface area contributed by atoms with Gasteiger partial charge >= 0.3 is 0 Å². The Morgan fingerprint density at radius 3 is 2.72 bits per heavy atom. The number of thiocarbonyl (C=S) groups is 1. The maximum Gasteiger partial charge on any atom is 0.293 e. The minimum absolute atomic E-state index is 0.167. The number of rotatable bonds is 4. The first-order valence-corrected chi connectivity index (χ1v) is 9.01. The van der Waals surface area contributed by atoms with Crippen LogP contribution in [0, 0.1) is 3.57 Å². The molecule has 6 nitrogen and oxygen atoms in total. The minimum atomic E-state index is -0.423. The average molecular weight is 487 g/mol. The van der Waals surface area contributed by atoms with Crippen LogP contribution in [-0.4, -0.2) is 20.8 Å². The zero-order valence-corrected chi connectivity index (χ0v) is 16.4. The van der Waals surface area contributed by atoms with E-state index in [2.05, 4.69) is 38.3 Å². The Morgan fingerprint density at radius 1 is 1.28 bits per heavy atom. The number of hydrogen-bond acceptors (Lipinski definition) is 4. The molecule has 2 heterocycles. The van der Waals surface area contributed by atoms with E-state index in [0.29, 0.717) is 17.3 Å². The Morgan fingerprint density at radius 2 is 2.04 bits per heavy atom. The molecule has 2 aromatic heterocycles. The van der Waals surface area contributed by atoms with Gasteiger partial charge in [0.15, 0.2) is 10.9 Å². The second-order valence-corrected chi connectivity index (χ2v) is 7.13. The molecular formula is C16H12ClIN4O2S. The van der Waals surface area contributed by atoms with Crippen molar-refractivity contribution in [2.24, 2.45) is 0 Å². The largest absolute Gasteiger partial charge is 0.454 e. The lowest BCUT2D eigenvalue weighted by Crippen LogP contribution is -2.33. The van der Waals surface area contributed by atoms with E-state index in [1.807, 2.05) is 24.3 Å². The van der Waals surface area contributed by atoms with Gasteiger partial charge < -0.3 is 9.73 Å². The summed E-state index contributed by atoms with van der Waals surface area (Å²) in [6, 6.07) is 10.9. The standard InChI is InChI=1S/C16H12ClIN4O2S/c17-10-7-19-22(8-10)9-13-5-6-14(24-13)15(23)21-16(25)20-12-3-1-11(18)2-4-12/h1-8H,9H2,(H2,20,21,23,25). The van der Waals surface area contributed by atoms with Crippen molar-refractivity contribution < 1.29 is 9.21 Å². The summed E-state index contributed by atoms with van der Waals surface area (Å²) in [5.41, 5.74) is 0.793. The average Bonchev–Trinajstić information content (AvgIpc) is 3.19. The maximum absolute atomic E-state index is 12.2. The molecule has 1 aromatic carbocycles. The third-order valence-electron chi connectivity index (χ3n) is 3.13. The second-order valence-electron chi connectivity index (χ2n) is 5.04. The SMILES string of the molecule is O=C(NC(=S)Nc1ccc(I)cc1)c1ccc(Cn2cc(Cl)cn2)o1. The molecular weight excluding hydrogens is 475 g/mol. The van der Waals surface area contributed by atoms with Gasteiger partial charge in [-0.2, -0.15) is 5.10 Å². The van der Waals surface area contributed by atoms with E-state index in [0.717, 1.165) is 9.26 Å². The Labute approximate surface area is 167 Å². The lowest BCUT2D eigenvalue weighted by Gasteiger charge is -2.08. The van der Waals surface area contributed by atoms with E-state index in [1.54, 1.807) is 23.0 Å². The highest BCUT2D eigenvalue weighted by Gasteiger charge is 2.13. The van der Waals surface area contributed by atoms with Gasteiger partial charge in [0.25, 0.3) is 5.91 Å².